The van der Waals surface area contributed by atoms with Crippen LogP contribution in [0, 0.1) is 0 Å². The van der Waals surface area contributed by atoms with Gasteiger partial charge in [0.2, 0.25) is 0 Å². The van der Waals surface area contributed by atoms with Gasteiger partial charge in [-0.2, -0.15) is 0 Å². The zero-order chi connectivity index (χ0) is 10.6. The summed E-state index contributed by atoms with van der Waals surface area (Å²) in [5.74, 6) is 0. The van der Waals surface area contributed by atoms with Crippen LogP contribution < -0.4 is 0 Å². The molecule has 0 amide bonds. The van der Waals surface area contributed by atoms with E-state index in [1.807, 2.05) is 0 Å². The third-order valence-electron chi connectivity index (χ3n) is 1.62. The summed E-state index contributed by atoms with van der Waals surface area (Å²) in [7, 11) is 1.41. The highest BCUT2D eigenvalue weighted by molar-refractivity contribution is 4.98. The van der Waals surface area contributed by atoms with Gasteiger partial charge in [0.05, 0.1) is 18.5 Å². The monoisotopic (exact) mass is 207 g/mol. The van der Waals surface area contributed by atoms with Crippen molar-refractivity contribution < 1.29 is 18.6 Å². The normalized spacial score (nSPS) is 13.5. The summed E-state index contributed by atoms with van der Waals surface area (Å²) < 4.78 is 29.7. The molecular weight excluding hydrogens is 196 g/mol. The second kappa shape index (κ2) is 4.97. The highest BCUT2D eigenvalue weighted by atomic mass is 19.3. The van der Waals surface area contributed by atoms with E-state index in [4.69, 9.17) is 0 Å². The molecule has 0 aliphatic rings. The smallest absolute Gasteiger partial charge is 0.257 e. The fraction of sp³-hybridized carbons (Fsp3) is 0.714. The lowest BCUT2D eigenvalue weighted by Gasteiger charge is -2.10. The summed E-state index contributed by atoms with van der Waals surface area (Å²) >= 11 is 0. The van der Waals surface area contributed by atoms with Crippen LogP contribution in [0.3, 0.4) is 0 Å². The van der Waals surface area contributed by atoms with Crippen LogP contribution in [0.4, 0.5) is 8.78 Å². The minimum absolute atomic E-state index is 0.0244. The van der Waals surface area contributed by atoms with Crippen LogP contribution >= 0.6 is 0 Å². The molecule has 1 rings (SSSR count). The molecule has 0 saturated heterocycles. The van der Waals surface area contributed by atoms with Crippen molar-refractivity contribution in [2.24, 2.45) is 0 Å². The molecule has 80 valence electrons. The molecule has 0 spiro atoms. The molecule has 0 radical (unpaired) electrons. The number of aromatic nitrogens is 3. The Balaban J connectivity index is 2.70. The SMILES string of the molecule is COCC(O)c1cnnn1CC(F)F. The molecule has 5 nitrogen and oxygen atoms in total. The van der Waals surface area contributed by atoms with Crippen molar-refractivity contribution in [2.45, 2.75) is 19.1 Å². The van der Waals surface area contributed by atoms with Gasteiger partial charge < -0.3 is 9.84 Å². The average molecular weight is 207 g/mol. The van der Waals surface area contributed by atoms with E-state index in [2.05, 4.69) is 15.0 Å². The average Bonchev–Trinajstić information content (AvgIpc) is 2.51. The van der Waals surface area contributed by atoms with Gasteiger partial charge in [0, 0.05) is 7.11 Å². The van der Waals surface area contributed by atoms with Crippen LogP contribution in [0.1, 0.15) is 11.8 Å². The van der Waals surface area contributed by atoms with E-state index in [1.165, 1.54) is 13.3 Å². The van der Waals surface area contributed by atoms with Crippen molar-refractivity contribution in [3.63, 3.8) is 0 Å². The molecule has 1 aromatic heterocycles. The Kier molecular flexibility index (Phi) is 3.90. The molecular formula is C7H11F2N3O2. The van der Waals surface area contributed by atoms with Crippen molar-refractivity contribution in [1.29, 1.82) is 0 Å². The number of rotatable bonds is 5. The number of halogens is 2. The van der Waals surface area contributed by atoms with Crippen LogP contribution in [-0.2, 0) is 11.3 Å². The van der Waals surface area contributed by atoms with Crippen molar-refractivity contribution in [3.05, 3.63) is 11.9 Å². The molecule has 7 heteroatoms. The Morgan fingerprint density at radius 3 is 2.93 bits per heavy atom. The van der Waals surface area contributed by atoms with E-state index < -0.39 is 19.1 Å². The van der Waals surface area contributed by atoms with Crippen LogP contribution in [-0.4, -0.2) is 40.2 Å². The first-order valence-corrected chi connectivity index (χ1v) is 3.98. The van der Waals surface area contributed by atoms with Gasteiger partial charge in [-0.05, 0) is 0 Å². The van der Waals surface area contributed by atoms with Crippen LogP contribution in [0.5, 0.6) is 0 Å². The topological polar surface area (TPSA) is 60.2 Å². The minimum Gasteiger partial charge on any atom is -0.384 e. The van der Waals surface area contributed by atoms with Crippen molar-refractivity contribution in [3.8, 4) is 0 Å². The molecule has 0 aliphatic heterocycles. The molecule has 0 aliphatic carbocycles. The first-order valence-electron chi connectivity index (χ1n) is 3.98. The van der Waals surface area contributed by atoms with Crippen molar-refractivity contribution in [2.75, 3.05) is 13.7 Å². The first kappa shape index (κ1) is 11.0. The molecule has 0 bridgehead atoms. The van der Waals surface area contributed by atoms with E-state index in [1.54, 1.807) is 0 Å². The zero-order valence-electron chi connectivity index (χ0n) is 7.60. The molecule has 1 N–H and O–H groups in total. The standard InChI is InChI=1S/C7H11F2N3O2/c1-14-4-6(13)5-2-10-11-12(5)3-7(8)9/h2,6-7,13H,3-4H2,1H3. The number of aliphatic hydroxyl groups is 1. The molecule has 0 saturated carbocycles. The first-order chi connectivity index (χ1) is 6.65. The number of hydrogen-bond acceptors (Lipinski definition) is 4. The summed E-state index contributed by atoms with van der Waals surface area (Å²) in [6.07, 6.45) is -2.26. The predicted octanol–water partition coefficient (Wildman–Crippen LogP) is 0.223. The summed E-state index contributed by atoms with van der Waals surface area (Å²) in [6.45, 7) is -0.549. The Morgan fingerprint density at radius 1 is 1.64 bits per heavy atom. The Labute approximate surface area is 79.3 Å². The van der Waals surface area contributed by atoms with Gasteiger partial charge in [0.25, 0.3) is 6.43 Å². The number of hydrogen-bond donors (Lipinski definition) is 1. The molecule has 0 fully saturated rings. The number of methoxy groups -OCH3 is 1. The van der Waals surface area contributed by atoms with Crippen LogP contribution in [0.25, 0.3) is 0 Å². The lowest BCUT2D eigenvalue weighted by Crippen LogP contribution is -2.16. The summed E-state index contributed by atoms with van der Waals surface area (Å²) in [4.78, 5) is 0. The summed E-state index contributed by atoms with van der Waals surface area (Å²) in [6, 6.07) is 0. The second-order valence-electron chi connectivity index (χ2n) is 2.70. The van der Waals surface area contributed by atoms with E-state index in [0.29, 0.717) is 0 Å². The summed E-state index contributed by atoms with van der Waals surface area (Å²) in [5.41, 5.74) is 0.229. The number of ether oxygens (including phenoxy) is 1. The number of alkyl halides is 2. The maximum absolute atomic E-state index is 12.0. The van der Waals surface area contributed by atoms with Gasteiger partial charge in [-0.25, -0.2) is 13.5 Å². The second-order valence-corrected chi connectivity index (χ2v) is 2.70. The van der Waals surface area contributed by atoms with Crippen LogP contribution in [0.15, 0.2) is 6.20 Å². The molecule has 1 unspecified atom stereocenters. The third kappa shape index (κ3) is 2.71. The zero-order valence-corrected chi connectivity index (χ0v) is 7.60. The molecule has 0 aromatic carbocycles. The number of aliphatic hydroxyl groups excluding tert-OH is 1. The van der Waals surface area contributed by atoms with Gasteiger partial charge in [-0.3, -0.25) is 0 Å². The maximum atomic E-state index is 12.0. The molecule has 1 heterocycles. The van der Waals surface area contributed by atoms with Gasteiger partial charge in [-0.1, -0.05) is 5.21 Å². The lowest BCUT2D eigenvalue weighted by molar-refractivity contribution is 0.0539. The van der Waals surface area contributed by atoms with Crippen molar-refractivity contribution in [1.82, 2.24) is 15.0 Å². The molecule has 1 atom stereocenters. The van der Waals surface area contributed by atoms with E-state index in [0.717, 1.165) is 4.68 Å². The fourth-order valence-corrected chi connectivity index (χ4v) is 1.04. The Bertz CT molecular complexity index is 280. The lowest BCUT2D eigenvalue weighted by atomic mass is 10.3. The highest BCUT2D eigenvalue weighted by Crippen LogP contribution is 2.12. The molecule has 1 aromatic rings. The van der Waals surface area contributed by atoms with Crippen molar-refractivity contribution >= 4 is 0 Å². The predicted molar refractivity (Wildman–Crippen MR) is 42.9 cm³/mol. The van der Waals surface area contributed by atoms with Gasteiger partial charge >= 0.3 is 0 Å². The third-order valence-corrected chi connectivity index (χ3v) is 1.62. The van der Waals surface area contributed by atoms with E-state index in [-0.39, 0.29) is 12.3 Å². The summed E-state index contributed by atoms with van der Waals surface area (Å²) in [5, 5.41) is 16.3. The van der Waals surface area contributed by atoms with Gasteiger partial charge in [-0.15, -0.1) is 5.10 Å². The van der Waals surface area contributed by atoms with E-state index in [9.17, 15) is 13.9 Å². The van der Waals surface area contributed by atoms with Gasteiger partial charge in [0.15, 0.2) is 0 Å². The fourth-order valence-electron chi connectivity index (χ4n) is 1.04. The molecule has 14 heavy (non-hydrogen) atoms. The Morgan fingerprint density at radius 2 is 2.36 bits per heavy atom. The largest absolute Gasteiger partial charge is 0.384 e. The minimum atomic E-state index is -2.52. The highest BCUT2D eigenvalue weighted by Gasteiger charge is 2.16. The quantitative estimate of drug-likeness (QED) is 0.750. The number of nitrogens with zero attached hydrogens (tertiary/aromatic N) is 3. The maximum Gasteiger partial charge on any atom is 0.257 e. The Hall–Kier alpha value is -1.08. The van der Waals surface area contributed by atoms with E-state index >= 15 is 0 Å². The van der Waals surface area contributed by atoms with Gasteiger partial charge in [0.1, 0.15) is 12.6 Å². The van der Waals surface area contributed by atoms with Crippen LogP contribution in [0.2, 0.25) is 0 Å².